The molecule has 0 saturated heterocycles. The average molecular weight is 321 g/mol. The average Bonchev–Trinajstić information content (AvgIpc) is 2.48. The predicted molar refractivity (Wildman–Crippen MR) is 83.0 cm³/mol. The molecule has 0 aliphatic carbocycles. The first-order valence-electron chi connectivity index (χ1n) is 6.95. The number of halogens is 1. The predicted octanol–water partition coefficient (Wildman–Crippen LogP) is 2.86. The van der Waals surface area contributed by atoms with Crippen molar-refractivity contribution in [2.24, 2.45) is 0 Å². The highest BCUT2D eigenvalue weighted by molar-refractivity contribution is 7.92. The number of anilines is 1. The molecule has 1 aliphatic heterocycles. The van der Waals surface area contributed by atoms with E-state index in [4.69, 9.17) is 4.74 Å². The van der Waals surface area contributed by atoms with Gasteiger partial charge in [-0.3, -0.25) is 4.31 Å². The Morgan fingerprint density at radius 2 is 2.00 bits per heavy atom. The van der Waals surface area contributed by atoms with Crippen LogP contribution in [0.15, 0.2) is 42.5 Å². The van der Waals surface area contributed by atoms with Crippen molar-refractivity contribution in [1.29, 1.82) is 0 Å². The Kier molecular flexibility index (Phi) is 3.78. The number of benzene rings is 2. The maximum absolute atomic E-state index is 13.5. The van der Waals surface area contributed by atoms with E-state index in [0.717, 1.165) is 11.1 Å². The van der Waals surface area contributed by atoms with E-state index in [-0.39, 0.29) is 24.6 Å². The zero-order valence-corrected chi connectivity index (χ0v) is 12.9. The number of rotatable bonds is 3. The molecule has 0 aromatic heterocycles. The van der Waals surface area contributed by atoms with Crippen LogP contribution in [0.2, 0.25) is 0 Å². The van der Waals surface area contributed by atoms with Gasteiger partial charge in [-0.05, 0) is 30.2 Å². The first kappa shape index (κ1) is 14.8. The summed E-state index contributed by atoms with van der Waals surface area (Å²) in [5.41, 5.74) is 1.92. The molecule has 3 rings (SSSR count). The zero-order valence-electron chi connectivity index (χ0n) is 12.1. The van der Waals surface area contributed by atoms with Crippen molar-refractivity contribution in [2.75, 3.05) is 17.5 Å². The molecule has 0 spiro atoms. The van der Waals surface area contributed by atoms with Gasteiger partial charge in [-0.1, -0.05) is 24.3 Å². The Hall–Kier alpha value is -2.08. The highest BCUT2D eigenvalue weighted by Gasteiger charge is 2.29. The van der Waals surface area contributed by atoms with Gasteiger partial charge in [-0.2, -0.15) is 0 Å². The van der Waals surface area contributed by atoms with E-state index in [0.29, 0.717) is 5.75 Å². The lowest BCUT2D eigenvalue weighted by molar-refractivity contribution is 0.315. The summed E-state index contributed by atoms with van der Waals surface area (Å²) in [6.07, 6.45) is 0. The molecule has 0 amide bonds. The van der Waals surface area contributed by atoms with Crippen LogP contribution in [0.1, 0.15) is 11.1 Å². The molecule has 0 atom stereocenters. The van der Waals surface area contributed by atoms with Gasteiger partial charge in [0.05, 0.1) is 18.0 Å². The molecule has 1 aliphatic rings. The largest absolute Gasteiger partial charge is 0.489 e. The highest BCUT2D eigenvalue weighted by Crippen LogP contribution is 2.34. The summed E-state index contributed by atoms with van der Waals surface area (Å²) >= 11 is 0. The van der Waals surface area contributed by atoms with Gasteiger partial charge in [-0.15, -0.1) is 0 Å². The Morgan fingerprint density at radius 1 is 1.23 bits per heavy atom. The molecule has 116 valence electrons. The van der Waals surface area contributed by atoms with E-state index in [1.165, 1.54) is 22.5 Å². The molecule has 2 aromatic rings. The summed E-state index contributed by atoms with van der Waals surface area (Å²) in [7, 11) is -3.60. The monoisotopic (exact) mass is 321 g/mol. The summed E-state index contributed by atoms with van der Waals surface area (Å²) in [5.74, 6) is -0.211. The minimum atomic E-state index is -3.60. The summed E-state index contributed by atoms with van der Waals surface area (Å²) in [6, 6.07) is 11.3. The fraction of sp³-hybridized carbons (Fsp3) is 0.250. The highest BCUT2D eigenvalue weighted by atomic mass is 32.2. The number of hydrogen-bond donors (Lipinski definition) is 0. The smallest absolute Gasteiger partial charge is 0.239 e. The first-order valence-corrected chi connectivity index (χ1v) is 8.55. The van der Waals surface area contributed by atoms with Crippen molar-refractivity contribution in [3.8, 4) is 5.75 Å². The van der Waals surface area contributed by atoms with Gasteiger partial charge in [0.25, 0.3) is 0 Å². The van der Waals surface area contributed by atoms with Crippen LogP contribution in [0.25, 0.3) is 0 Å². The third-order valence-corrected chi connectivity index (χ3v) is 5.40. The second-order valence-corrected chi connectivity index (χ2v) is 7.11. The molecular formula is C16H16FNO3S. The fourth-order valence-corrected chi connectivity index (χ4v) is 4.17. The Labute approximate surface area is 129 Å². The van der Waals surface area contributed by atoms with Crippen molar-refractivity contribution in [3.05, 3.63) is 59.4 Å². The molecule has 6 heteroatoms. The summed E-state index contributed by atoms with van der Waals surface area (Å²) < 4.78 is 45.6. The minimum Gasteiger partial charge on any atom is -0.489 e. The number of sulfonamides is 1. The van der Waals surface area contributed by atoms with Gasteiger partial charge in [0.1, 0.15) is 18.2 Å². The lowest BCUT2D eigenvalue weighted by atomic mass is 10.1. The van der Waals surface area contributed by atoms with E-state index < -0.39 is 15.8 Å². The van der Waals surface area contributed by atoms with Gasteiger partial charge >= 0.3 is 0 Å². The Bertz CT molecular complexity index is 805. The van der Waals surface area contributed by atoms with E-state index in [1.54, 1.807) is 6.07 Å². The first-order chi connectivity index (χ1) is 10.5. The molecule has 1 heterocycles. The molecule has 0 fully saturated rings. The summed E-state index contributed by atoms with van der Waals surface area (Å²) in [4.78, 5) is 0. The van der Waals surface area contributed by atoms with Crippen LogP contribution in [0.4, 0.5) is 10.1 Å². The van der Waals surface area contributed by atoms with Gasteiger partial charge in [0.2, 0.25) is 10.0 Å². The van der Waals surface area contributed by atoms with Gasteiger partial charge in [0.15, 0.2) is 0 Å². The van der Waals surface area contributed by atoms with E-state index >= 15 is 0 Å². The lowest BCUT2D eigenvalue weighted by Crippen LogP contribution is -2.38. The quantitative estimate of drug-likeness (QED) is 0.873. The summed E-state index contributed by atoms with van der Waals surface area (Å²) in [6.45, 7) is 2.31. The number of ether oxygens (including phenoxy) is 1. The van der Waals surface area contributed by atoms with Crippen molar-refractivity contribution in [1.82, 2.24) is 0 Å². The van der Waals surface area contributed by atoms with Crippen molar-refractivity contribution >= 4 is 15.7 Å². The molecule has 0 bridgehead atoms. The standard InChI is InChI=1S/C16H16FNO3S/c1-12-4-2-3-5-13(12)11-22(19,20)18-8-9-21-16-7-6-14(17)10-15(16)18/h2-7,10H,8-9,11H2,1H3. The molecular weight excluding hydrogens is 305 g/mol. The molecule has 0 saturated carbocycles. The van der Waals surface area contributed by atoms with E-state index in [1.807, 2.05) is 25.1 Å². The normalized spacial score (nSPS) is 14.4. The van der Waals surface area contributed by atoms with Crippen LogP contribution in [0.3, 0.4) is 0 Å². The number of aryl methyl sites for hydroxylation is 1. The molecule has 22 heavy (non-hydrogen) atoms. The molecule has 4 nitrogen and oxygen atoms in total. The van der Waals surface area contributed by atoms with E-state index in [2.05, 4.69) is 0 Å². The van der Waals surface area contributed by atoms with Crippen LogP contribution >= 0.6 is 0 Å². The number of hydrogen-bond acceptors (Lipinski definition) is 3. The van der Waals surface area contributed by atoms with Crippen molar-refractivity contribution < 1.29 is 17.5 Å². The zero-order chi connectivity index (χ0) is 15.7. The Morgan fingerprint density at radius 3 is 2.77 bits per heavy atom. The molecule has 0 radical (unpaired) electrons. The summed E-state index contributed by atoms with van der Waals surface area (Å²) in [5, 5.41) is 0. The maximum atomic E-state index is 13.5. The van der Waals surface area contributed by atoms with Gasteiger partial charge in [0, 0.05) is 6.07 Å². The third kappa shape index (κ3) is 2.78. The van der Waals surface area contributed by atoms with Crippen LogP contribution in [0, 0.1) is 12.7 Å². The van der Waals surface area contributed by atoms with Crippen LogP contribution < -0.4 is 9.04 Å². The van der Waals surface area contributed by atoms with Gasteiger partial charge < -0.3 is 4.74 Å². The van der Waals surface area contributed by atoms with Gasteiger partial charge in [-0.25, -0.2) is 12.8 Å². The SMILES string of the molecule is Cc1ccccc1CS(=O)(=O)N1CCOc2ccc(F)cc21. The van der Waals surface area contributed by atoms with E-state index in [9.17, 15) is 12.8 Å². The van der Waals surface area contributed by atoms with Crippen LogP contribution in [-0.4, -0.2) is 21.6 Å². The second-order valence-electron chi connectivity index (χ2n) is 5.22. The van der Waals surface area contributed by atoms with Crippen LogP contribution in [0.5, 0.6) is 5.75 Å². The number of fused-ring (bicyclic) bond motifs is 1. The maximum Gasteiger partial charge on any atom is 0.239 e. The van der Waals surface area contributed by atoms with Crippen molar-refractivity contribution in [3.63, 3.8) is 0 Å². The topological polar surface area (TPSA) is 46.6 Å². The second kappa shape index (κ2) is 5.61. The third-order valence-electron chi connectivity index (χ3n) is 3.68. The number of nitrogens with zero attached hydrogens (tertiary/aromatic N) is 1. The van der Waals surface area contributed by atoms with Crippen LogP contribution in [-0.2, 0) is 15.8 Å². The molecule has 0 unspecified atom stereocenters. The Balaban J connectivity index is 1.98. The minimum absolute atomic E-state index is 0.115. The molecule has 0 N–H and O–H groups in total. The van der Waals surface area contributed by atoms with Crippen molar-refractivity contribution in [2.45, 2.75) is 12.7 Å². The fourth-order valence-electron chi connectivity index (χ4n) is 2.50. The molecule has 2 aromatic carbocycles. The lowest BCUT2D eigenvalue weighted by Gasteiger charge is -2.30.